The molecule has 2 aromatic heterocycles. The van der Waals surface area contributed by atoms with Crippen LogP contribution in [0.15, 0.2) is 59.0 Å². The van der Waals surface area contributed by atoms with Gasteiger partial charge in [-0.15, -0.1) is 0 Å². The van der Waals surface area contributed by atoms with Gasteiger partial charge in [-0.25, -0.2) is 4.98 Å². The molecule has 1 amide bonds. The number of furan rings is 1. The number of aromatic amines is 1. The lowest BCUT2D eigenvalue weighted by Gasteiger charge is -2.07. The number of anilines is 1. The number of imidazole rings is 1. The second-order valence-corrected chi connectivity index (χ2v) is 6.83. The van der Waals surface area contributed by atoms with Gasteiger partial charge in [0.15, 0.2) is 9.53 Å². The number of H-pyrrole nitrogens is 1. The van der Waals surface area contributed by atoms with Crippen molar-refractivity contribution in [1.82, 2.24) is 9.97 Å². The Morgan fingerprint density at radius 2 is 2.00 bits per heavy atom. The minimum absolute atomic E-state index is 0.254. The van der Waals surface area contributed by atoms with E-state index in [1.807, 2.05) is 46.9 Å². The normalized spacial score (nSPS) is 11.0. The van der Waals surface area contributed by atoms with Gasteiger partial charge >= 0.3 is 0 Å². The second kappa shape index (κ2) is 6.53. The van der Waals surface area contributed by atoms with Crippen molar-refractivity contribution in [2.75, 3.05) is 5.32 Å². The van der Waals surface area contributed by atoms with Crippen molar-refractivity contribution in [3.63, 3.8) is 0 Å². The topological polar surface area (TPSA) is 70.9 Å². The van der Waals surface area contributed by atoms with Gasteiger partial charge in [0.1, 0.15) is 5.82 Å². The standard InChI is InChI=1S/C18H11ClIN3O2/c19-12-6-5-10(21-18(24)15-7-8-16(20)25-15)9-11(12)17-22-13-3-1-2-4-14(13)23-17/h1-9H,(H,21,24)(H,22,23). The zero-order valence-electron chi connectivity index (χ0n) is 12.7. The van der Waals surface area contributed by atoms with E-state index < -0.39 is 0 Å². The molecule has 0 spiro atoms. The van der Waals surface area contributed by atoms with E-state index in [-0.39, 0.29) is 11.7 Å². The van der Waals surface area contributed by atoms with Crippen LogP contribution in [0.4, 0.5) is 5.69 Å². The molecule has 4 aromatic rings. The third-order valence-corrected chi connectivity index (χ3v) is 4.58. The van der Waals surface area contributed by atoms with Crippen LogP contribution < -0.4 is 5.32 Å². The number of nitrogens with one attached hydrogen (secondary N) is 2. The van der Waals surface area contributed by atoms with Crippen molar-refractivity contribution in [2.24, 2.45) is 0 Å². The van der Waals surface area contributed by atoms with E-state index in [1.165, 1.54) is 0 Å². The Bertz CT molecular complexity index is 1050. The zero-order valence-corrected chi connectivity index (χ0v) is 15.6. The third-order valence-electron chi connectivity index (χ3n) is 3.67. The van der Waals surface area contributed by atoms with E-state index in [0.29, 0.717) is 25.9 Å². The van der Waals surface area contributed by atoms with Gasteiger partial charge in [-0.1, -0.05) is 23.7 Å². The van der Waals surface area contributed by atoms with E-state index in [9.17, 15) is 4.79 Å². The maximum absolute atomic E-state index is 12.2. The first kappa shape index (κ1) is 16.2. The van der Waals surface area contributed by atoms with Crippen LogP contribution in [0.2, 0.25) is 5.02 Å². The van der Waals surface area contributed by atoms with E-state index in [1.54, 1.807) is 30.3 Å². The highest BCUT2D eigenvalue weighted by Crippen LogP contribution is 2.30. The highest BCUT2D eigenvalue weighted by atomic mass is 127. The number of fused-ring (bicyclic) bond motifs is 1. The number of carbonyl (C=O) groups excluding carboxylic acids is 1. The van der Waals surface area contributed by atoms with Gasteiger partial charge in [-0.3, -0.25) is 4.79 Å². The molecule has 7 heteroatoms. The molecule has 2 aromatic carbocycles. The fourth-order valence-corrected chi connectivity index (χ4v) is 3.12. The maximum atomic E-state index is 12.2. The first-order valence-corrected chi connectivity index (χ1v) is 8.87. The van der Waals surface area contributed by atoms with Crippen molar-refractivity contribution in [2.45, 2.75) is 0 Å². The summed E-state index contributed by atoms with van der Waals surface area (Å²) in [5, 5.41) is 3.35. The number of benzene rings is 2. The zero-order chi connectivity index (χ0) is 17.4. The van der Waals surface area contributed by atoms with Gasteiger partial charge in [-0.2, -0.15) is 0 Å². The van der Waals surface area contributed by atoms with Crippen LogP contribution in [0.25, 0.3) is 22.4 Å². The maximum Gasteiger partial charge on any atom is 0.291 e. The smallest absolute Gasteiger partial charge is 0.291 e. The Morgan fingerprint density at radius 3 is 2.76 bits per heavy atom. The molecule has 2 N–H and O–H groups in total. The first-order valence-electron chi connectivity index (χ1n) is 7.41. The predicted molar refractivity (Wildman–Crippen MR) is 106 cm³/mol. The number of carbonyl (C=O) groups is 1. The average Bonchev–Trinajstić information content (AvgIpc) is 3.22. The number of hydrogen-bond acceptors (Lipinski definition) is 3. The Labute approximate surface area is 161 Å². The van der Waals surface area contributed by atoms with Crippen LogP contribution in [0.3, 0.4) is 0 Å². The van der Waals surface area contributed by atoms with Crippen molar-refractivity contribution in [3.05, 3.63) is 69.1 Å². The summed E-state index contributed by atoms with van der Waals surface area (Å²) in [6.07, 6.45) is 0. The van der Waals surface area contributed by atoms with E-state index in [2.05, 4.69) is 15.3 Å². The molecule has 5 nitrogen and oxygen atoms in total. The molecule has 0 saturated heterocycles. The minimum atomic E-state index is -0.319. The molecule has 25 heavy (non-hydrogen) atoms. The summed E-state index contributed by atoms with van der Waals surface area (Å²) in [5.74, 6) is 0.584. The number of hydrogen-bond donors (Lipinski definition) is 2. The van der Waals surface area contributed by atoms with Crippen LogP contribution >= 0.6 is 34.2 Å². The molecular weight excluding hydrogens is 453 g/mol. The number of nitrogens with zero attached hydrogens (tertiary/aromatic N) is 1. The second-order valence-electron chi connectivity index (χ2n) is 5.36. The average molecular weight is 464 g/mol. The molecule has 0 bridgehead atoms. The molecule has 4 rings (SSSR count). The Morgan fingerprint density at radius 1 is 1.16 bits per heavy atom. The van der Waals surface area contributed by atoms with Crippen LogP contribution in [0.5, 0.6) is 0 Å². The largest absolute Gasteiger partial charge is 0.445 e. The lowest BCUT2D eigenvalue weighted by atomic mass is 10.2. The molecule has 0 unspecified atom stereocenters. The summed E-state index contributed by atoms with van der Waals surface area (Å²) in [4.78, 5) is 20.0. The van der Waals surface area contributed by atoms with E-state index in [0.717, 1.165) is 11.0 Å². The van der Waals surface area contributed by atoms with Crippen molar-refractivity contribution in [3.8, 4) is 11.4 Å². The van der Waals surface area contributed by atoms with Gasteiger partial charge in [-0.05, 0) is 65.1 Å². The summed E-state index contributed by atoms with van der Waals surface area (Å²) in [7, 11) is 0. The van der Waals surface area contributed by atoms with E-state index in [4.69, 9.17) is 16.0 Å². The Hall–Kier alpha value is -2.32. The van der Waals surface area contributed by atoms with E-state index >= 15 is 0 Å². The Balaban J connectivity index is 1.67. The van der Waals surface area contributed by atoms with Gasteiger partial charge in [0.05, 0.1) is 16.1 Å². The SMILES string of the molecule is O=C(Nc1ccc(Cl)c(-c2nc3ccccc3[nH]2)c1)c1ccc(I)o1. The highest BCUT2D eigenvalue weighted by molar-refractivity contribution is 14.1. The van der Waals surface area contributed by atoms with Crippen molar-refractivity contribution in [1.29, 1.82) is 0 Å². The monoisotopic (exact) mass is 463 g/mol. The van der Waals surface area contributed by atoms with Crippen LogP contribution in [0.1, 0.15) is 10.6 Å². The van der Waals surface area contributed by atoms with Crippen molar-refractivity contribution >= 4 is 56.8 Å². The van der Waals surface area contributed by atoms with Crippen LogP contribution in [-0.2, 0) is 0 Å². The molecule has 0 aliphatic heterocycles. The van der Waals surface area contributed by atoms with Crippen LogP contribution in [-0.4, -0.2) is 15.9 Å². The number of rotatable bonds is 3. The van der Waals surface area contributed by atoms with Crippen molar-refractivity contribution < 1.29 is 9.21 Å². The molecule has 0 saturated carbocycles. The molecule has 0 fully saturated rings. The first-order chi connectivity index (χ1) is 12.1. The number of amides is 1. The summed E-state index contributed by atoms with van der Waals surface area (Å²) < 4.78 is 5.98. The molecule has 0 aliphatic rings. The molecule has 0 radical (unpaired) electrons. The summed E-state index contributed by atoms with van der Waals surface area (Å²) in [5.41, 5.74) is 3.10. The number of para-hydroxylation sites is 2. The molecule has 0 aliphatic carbocycles. The Kier molecular flexibility index (Phi) is 4.22. The van der Waals surface area contributed by atoms with Gasteiger partial charge in [0.2, 0.25) is 0 Å². The summed E-state index contributed by atoms with van der Waals surface area (Å²) in [6, 6.07) is 16.3. The number of aromatic nitrogens is 2. The molecular formula is C18H11ClIN3O2. The lowest BCUT2D eigenvalue weighted by molar-refractivity contribution is 0.0995. The quantitative estimate of drug-likeness (QED) is 0.403. The van der Waals surface area contributed by atoms with Gasteiger partial charge in [0, 0.05) is 11.3 Å². The third kappa shape index (κ3) is 3.27. The number of halogens is 2. The fraction of sp³-hybridized carbons (Fsp3) is 0. The summed E-state index contributed by atoms with van der Waals surface area (Å²) >= 11 is 8.34. The lowest BCUT2D eigenvalue weighted by Crippen LogP contribution is -2.10. The molecule has 124 valence electrons. The highest BCUT2D eigenvalue weighted by Gasteiger charge is 2.14. The molecule has 0 atom stereocenters. The van der Waals surface area contributed by atoms with Gasteiger partial charge in [0.25, 0.3) is 5.91 Å². The summed E-state index contributed by atoms with van der Waals surface area (Å²) in [6.45, 7) is 0. The minimum Gasteiger partial charge on any atom is -0.445 e. The fourth-order valence-electron chi connectivity index (χ4n) is 2.49. The van der Waals surface area contributed by atoms with Crippen LogP contribution in [0, 0.1) is 3.77 Å². The van der Waals surface area contributed by atoms with Gasteiger partial charge < -0.3 is 14.7 Å². The molecule has 2 heterocycles. The predicted octanol–water partition coefficient (Wildman–Crippen LogP) is 5.33.